The van der Waals surface area contributed by atoms with Crippen molar-refractivity contribution in [2.45, 2.75) is 57.7 Å². The first-order valence-corrected chi connectivity index (χ1v) is 6.21. The number of carbonyl (C=O) groups excluding carboxylic acids is 1. The summed E-state index contributed by atoms with van der Waals surface area (Å²) in [4.78, 5) is 11.1. The molecule has 0 aromatic carbocycles. The molecule has 0 radical (unpaired) electrons. The van der Waals surface area contributed by atoms with Gasteiger partial charge in [-0.1, -0.05) is 26.7 Å². The zero-order valence-electron chi connectivity index (χ0n) is 10.6. The Balaban J connectivity index is 2.37. The van der Waals surface area contributed by atoms with E-state index in [4.69, 9.17) is 4.74 Å². The van der Waals surface area contributed by atoms with Crippen LogP contribution in [0.3, 0.4) is 0 Å². The highest BCUT2D eigenvalue weighted by Crippen LogP contribution is 2.21. The number of likely N-dealkylation sites (N-methyl/N-ethyl adjacent to an activating group) is 1. The second-order valence-electron chi connectivity index (χ2n) is 4.73. The molecule has 2 unspecified atom stereocenters. The average Bonchev–Trinajstić information content (AvgIpc) is 2.26. The molecule has 4 heteroatoms. The Morgan fingerprint density at radius 3 is 2.69 bits per heavy atom. The Kier molecular flexibility index (Phi) is 5.77. The van der Waals surface area contributed by atoms with Crippen LogP contribution in [0.5, 0.6) is 0 Å². The first-order valence-electron chi connectivity index (χ1n) is 6.21. The fraction of sp³-hybridized carbons (Fsp3) is 0.917. The zero-order chi connectivity index (χ0) is 12.0. The van der Waals surface area contributed by atoms with E-state index in [-0.39, 0.29) is 18.6 Å². The maximum absolute atomic E-state index is 11.1. The first kappa shape index (κ1) is 13.5. The van der Waals surface area contributed by atoms with E-state index < -0.39 is 0 Å². The highest BCUT2D eigenvalue weighted by molar-refractivity contribution is 5.76. The van der Waals surface area contributed by atoms with E-state index >= 15 is 0 Å². The van der Waals surface area contributed by atoms with Crippen LogP contribution in [0.25, 0.3) is 0 Å². The number of hydrogen-bond acceptors (Lipinski definition) is 3. The van der Waals surface area contributed by atoms with Crippen LogP contribution in [-0.4, -0.2) is 37.7 Å². The quantitative estimate of drug-likeness (QED) is 0.739. The minimum Gasteiger partial charge on any atom is -0.367 e. The molecule has 0 aromatic heterocycles. The lowest BCUT2D eigenvalue weighted by atomic mass is 9.92. The Morgan fingerprint density at radius 1 is 1.38 bits per heavy atom. The molecule has 0 saturated heterocycles. The summed E-state index contributed by atoms with van der Waals surface area (Å²) >= 11 is 0. The predicted octanol–water partition coefficient (Wildman–Crippen LogP) is 1.06. The second kappa shape index (κ2) is 6.86. The van der Waals surface area contributed by atoms with Crippen LogP contribution in [0.2, 0.25) is 0 Å². The molecular weight excluding hydrogens is 204 g/mol. The number of hydrogen-bond donors (Lipinski definition) is 2. The first-order chi connectivity index (χ1) is 7.63. The van der Waals surface area contributed by atoms with Gasteiger partial charge in [0, 0.05) is 19.1 Å². The van der Waals surface area contributed by atoms with Gasteiger partial charge in [0.1, 0.15) is 6.61 Å². The SMILES string of the molecule is CNC(=O)COC1CCCCC1NC(C)C. The number of carbonyl (C=O) groups is 1. The van der Waals surface area contributed by atoms with E-state index in [0.29, 0.717) is 12.1 Å². The van der Waals surface area contributed by atoms with E-state index in [2.05, 4.69) is 24.5 Å². The predicted molar refractivity (Wildman–Crippen MR) is 64.3 cm³/mol. The third-order valence-electron chi connectivity index (χ3n) is 2.96. The molecule has 1 amide bonds. The Morgan fingerprint density at radius 2 is 2.06 bits per heavy atom. The van der Waals surface area contributed by atoms with Gasteiger partial charge in [-0.15, -0.1) is 0 Å². The lowest BCUT2D eigenvalue weighted by Crippen LogP contribution is -2.47. The second-order valence-corrected chi connectivity index (χ2v) is 4.73. The number of nitrogens with one attached hydrogen (secondary N) is 2. The topological polar surface area (TPSA) is 50.4 Å². The van der Waals surface area contributed by atoms with E-state index in [9.17, 15) is 4.79 Å². The zero-order valence-corrected chi connectivity index (χ0v) is 10.6. The van der Waals surface area contributed by atoms with Gasteiger partial charge in [0.15, 0.2) is 0 Å². The minimum absolute atomic E-state index is 0.0473. The molecule has 1 fully saturated rings. The van der Waals surface area contributed by atoms with Gasteiger partial charge in [0.25, 0.3) is 0 Å². The molecule has 0 spiro atoms. The lowest BCUT2D eigenvalue weighted by Gasteiger charge is -2.33. The third kappa shape index (κ3) is 4.49. The van der Waals surface area contributed by atoms with Crippen LogP contribution in [0.15, 0.2) is 0 Å². The van der Waals surface area contributed by atoms with Crippen LogP contribution in [0.4, 0.5) is 0 Å². The van der Waals surface area contributed by atoms with Crippen molar-refractivity contribution in [3.8, 4) is 0 Å². The molecule has 4 nitrogen and oxygen atoms in total. The maximum Gasteiger partial charge on any atom is 0.245 e. The summed E-state index contributed by atoms with van der Waals surface area (Å²) in [7, 11) is 1.64. The van der Waals surface area contributed by atoms with Crippen LogP contribution in [-0.2, 0) is 9.53 Å². The van der Waals surface area contributed by atoms with Crippen molar-refractivity contribution in [3.05, 3.63) is 0 Å². The highest BCUT2D eigenvalue weighted by atomic mass is 16.5. The summed E-state index contributed by atoms with van der Waals surface area (Å²) in [5.74, 6) is -0.0473. The van der Waals surface area contributed by atoms with Crippen molar-refractivity contribution < 1.29 is 9.53 Å². The normalized spacial score (nSPS) is 25.8. The van der Waals surface area contributed by atoms with E-state index in [1.807, 2.05) is 0 Å². The molecule has 1 aliphatic carbocycles. The summed E-state index contributed by atoms with van der Waals surface area (Å²) < 4.78 is 5.67. The van der Waals surface area contributed by atoms with Gasteiger partial charge in [-0.05, 0) is 12.8 Å². The van der Waals surface area contributed by atoms with Crippen molar-refractivity contribution in [2.24, 2.45) is 0 Å². The molecule has 2 N–H and O–H groups in total. The van der Waals surface area contributed by atoms with Crippen LogP contribution in [0.1, 0.15) is 39.5 Å². The smallest absolute Gasteiger partial charge is 0.245 e. The monoisotopic (exact) mass is 228 g/mol. The van der Waals surface area contributed by atoms with Crippen molar-refractivity contribution >= 4 is 5.91 Å². The van der Waals surface area contributed by atoms with E-state index in [1.54, 1.807) is 7.05 Å². The molecule has 0 aliphatic heterocycles. The Hall–Kier alpha value is -0.610. The van der Waals surface area contributed by atoms with Gasteiger partial charge in [-0.3, -0.25) is 4.79 Å². The molecule has 1 aliphatic rings. The fourth-order valence-electron chi connectivity index (χ4n) is 2.17. The van der Waals surface area contributed by atoms with Crippen LogP contribution in [0, 0.1) is 0 Å². The molecule has 94 valence electrons. The number of ether oxygens (including phenoxy) is 1. The van der Waals surface area contributed by atoms with Crippen LogP contribution >= 0.6 is 0 Å². The highest BCUT2D eigenvalue weighted by Gasteiger charge is 2.26. The lowest BCUT2D eigenvalue weighted by molar-refractivity contribution is -0.128. The standard InChI is InChI=1S/C12H24N2O2/c1-9(2)14-10-6-4-5-7-11(10)16-8-12(15)13-3/h9-11,14H,4-8H2,1-3H3,(H,13,15). The summed E-state index contributed by atoms with van der Waals surface area (Å²) in [6.45, 7) is 4.46. The Bertz CT molecular complexity index is 219. The third-order valence-corrected chi connectivity index (χ3v) is 2.96. The largest absolute Gasteiger partial charge is 0.367 e. The minimum atomic E-state index is -0.0473. The van der Waals surface area contributed by atoms with Gasteiger partial charge >= 0.3 is 0 Å². The number of amides is 1. The van der Waals surface area contributed by atoms with Crippen molar-refractivity contribution in [1.29, 1.82) is 0 Å². The van der Waals surface area contributed by atoms with Gasteiger partial charge in [0.05, 0.1) is 6.10 Å². The van der Waals surface area contributed by atoms with E-state index in [0.717, 1.165) is 12.8 Å². The molecule has 1 rings (SSSR count). The van der Waals surface area contributed by atoms with Crippen LogP contribution < -0.4 is 10.6 Å². The summed E-state index contributed by atoms with van der Waals surface area (Å²) in [6, 6.07) is 0.868. The molecular formula is C12H24N2O2. The maximum atomic E-state index is 11.1. The summed E-state index contributed by atoms with van der Waals surface area (Å²) in [5.41, 5.74) is 0. The van der Waals surface area contributed by atoms with Gasteiger partial charge < -0.3 is 15.4 Å². The fourth-order valence-corrected chi connectivity index (χ4v) is 2.17. The summed E-state index contributed by atoms with van der Waals surface area (Å²) in [5, 5.41) is 6.09. The van der Waals surface area contributed by atoms with Gasteiger partial charge in [-0.25, -0.2) is 0 Å². The van der Waals surface area contributed by atoms with Gasteiger partial charge in [0.2, 0.25) is 5.91 Å². The van der Waals surface area contributed by atoms with Gasteiger partial charge in [-0.2, -0.15) is 0 Å². The average molecular weight is 228 g/mol. The summed E-state index contributed by atoms with van der Waals surface area (Å²) in [6.07, 6.45) is 4.85. The van der Waals surface area contributed by atoms with Crippen molar-refractivity contribution in [2.75, 3.05) is 13.7 Å². The molecule has 0 heterocycles. The number of rotatable bonds is 5. The molecule has 0 aromatic rings. The molecule has 1 saturated carbocycles. The molecule has 0 bridgehead atoms. The van der Waals surface area contributed by atoms with Crippen molar-refractivity contribution in [3.63, 3.8) is 0 Å². The van der Waals surface area contributed by atoms with E-state index in [1.165, 1.54) is 12.8 Å². The Labute approximate surface area is 98.1 Å². The molecule has 2 atom stereocenters. The van der Waals surface area contributed by atoms with Crippen molar-refractivity contribution in [1.82, 2.24) is 10.6 Å². The molecule has 16 heavy (non-hydrogen) atoms.